The van der Waals surface area contributed by atoms with Gasteiger partial charge in [0, 0.05) is 0 Å². The Morgan fingerprint density at radius 1 is 1.67 bits per heavy atom. The number of alkyl carbamates (subject to hydrolysis) is 1. The van der Waals surface area contributed by atoms with Gasteiger partial charge in [-0.25, -0.2) is 4.79 Å². The first-order valence-corrected chi connectivity index (χ1v) is 3.75. The lowest BCUT2D eigenvalue weighted by Crippen LogP contribution is -2.43. The second-order valence-corrected chi connectivity index (χ2v) is 2.73. The number of carbonyl (C=O) groups is 1. The molecule has 0 spiro atoms. The lowest BCUT2D eigenvalue weighted by molar-refractivity contribution is 0.00255. The Labute approximate surface area is 71.3 Å². The summed E-state index contributed by atoms with van der Waals surface area (Å²) in [5.74, 6) is 0. The first-order chi connectivity index (χ1) is 5.52. The lowest BCUT2D eigenvalue weighted by Gasteiger charge is -2.20. The molecule has 0 aliphatic rings. The zero-order valence-corrected chi connectivity index (χ0v) is 7.33. The summed E-state index contributed by atoms with van der Waals surface area (Å²) in [5.41, 5.74) is -1.28. The summed E-state index contributed by atoms with van der Waals surface area (Å²) in [6, 6.07) is 0. The summed E-state index contributed by atoms with van der Waals surface area (Å²) >= 11 is 0. The molecular formula is C7H15NO4. The highest BCUT2D eigenvalue weighted by atomic mass is 16.5. The Hall–Kier alpha value is -0.810. The van der Waals surface area contributed by atoms with Gasteiger partial charge in [0.15, 0.2) is 0 Å². The molecule has 0 heterocycles. The summed E-state index contributed by atoms with van der Waals surface area (Å²) in [5, 5.41) is 20.1. The fourth-order valence-electron chi connectivity index (χ4n) is 0.501. The van der Waals surface area contributed by atoms with Crippen LogP contribution in [0.15, 0.2) is 0 Å². The van der Waals surface area contributed by atoms with Crippen molar-refractivity contribution in [3.05, 3.63) is 0 Å². The van der Waals surface area contributed by atoms with Gasteiger partial charge in [-0.15, -0.1) is 0 Å². The van der Waals surface area contributed by atoms with Gasteiger partial charge < -0.3 is 20.3 Å². The number of rotatable bonds is 4. The van der Waals surface area contributed by atoms with Crippen molar-refractivity contribution in [2.75, 3.05) is 19.8 Å². The third-order valence-corrected chi connectivity index (χ3v) is 1.23. The van der Waals surface area contributed by atoms with E-state index in [0.29, 0.717) is 0 Å². The van der Waals surface area contributed by atoms with Crippen molar-refractivity contribution in [3.8, 4) is 0 Å². The molecule has 0 aliphatic carbocycles. The molecule has 0 aromatic carbocycles. The van der Waals surface area contributed by atoms with E-state index >= 15 is 0 Å². The van der Waals surface area contributed by atoms with E-state index in [1.807, 2.05) is 0 Å². The van der Waals surface area contributed by atoms with E-state index in [2.05, 4.69) is 10.1 Å². The second-order valence-electron chi connectivity index (χ2n) is 2.73. The Balaban J connectivity index is 3.60. The zero-order valence-electron chi connectivity index (χ0n) is 7.33. The van der Waals surface area contributed by atoms with E-state index in [4.69, 9.17) is 5.11 Å². The minimum absolute atomic E-state index is 0.0255. The third kappa shape index (κ3) is 4.92. The molecule has 72 valence electrons. The normalized spacial score (nSPS) is 15.0. The van der Waals surface area contributed by atoms with Crippen LogP contribution in [-0.2, 0) is 4.74 Å². The molecule has 5 nitrogen and oxygen atoms in total. The van der Waals surface area contributed by atoms with Crippen molar-refractivity contribution in [3.63, 3.8) is 0 Å². The lowest BCUT2D eigenvalue weighted by atomic mass is 10.1. The van der Waals surface area contributed by atoms with E-state index in [-0.39, 0.29) is 13.2 Å². The summed E-state index contributed by atoms with van der Waals surface area (Å²) in [6.07, 6.45) is -0.591. The molecule has 0 bridgehead atoms. The topological polar surface area (TPSA) is 78.8 Å². The van der Waals surface area contributed by atoms with Crippen LogP contribution in [0.4, 0.5) is 4.79 Å². The van der Waals surface area contributed by atoms with Gasteiger partial charge in [0.2, 0.25) is 0 Å². The van der Waals surface area contributed by atoms with Crippen molar-refractivity contribution in [1.82, 2.24) is 5.32 Å². The molecule has 0 radical (unpaired) electrons. The number of carbonyl (C=O) groups excluding carboxylic acids is 1. The van der Waals surface area contributed by atoms with Gasteiger partial charge in [-0.1, -0.05) is 0 Å². The van der Waals surface area contributed by atoms with Gasteiger partial charge in [-0.3, -0.25) is 0 Å². The van der Waals surface area contributed by atoms with Crippen molar-refractivity contribution in [2.45, 2.75) is 19.4 Å². The third-order valence-electron chi connectivity index (χ3n) is 1.23. The Kier molecular flexibility index (Phi) is 4.61. The standard InChI is InChI=1S/C7H15NO4/c1-3-12-6(10)8-4-7(2,11)5-9/h9,11H,3-5H2,1-2H3,(H,8,10). The molecule has 0 rings (SSSR count). The maximum atomic E-state index is 10.7. The Bertz CT molecular complexity index is 146. The minimum Gasteiger partial charge on any atom is -0.450 e. The van der Waals surface area contributed by atoms with Gasteiger partial charge in [0.25, 0.3) is 0 Å². The summed E-state index contributed by atoms with van der Waals surface area (Å²) < 4.78 is 4.54. The zero-order chi connectivity index (χ0) is 9.61. The predicted molar refractivity (Wildman–Crippen MR) is 42.7 cm³/mol. The second kappa shape index (κ2) is 4.95. The van der Waals surface area contributed by atoms with Crippen LogP contribution in [0.25, 0.3) is 0 Å². The highest BCUT2D eigenvalue weighted by Crippen LogP contribution is 1.98. The molecule has 1 unspecified atom stereocenters. The van der Waals surface area contributed by atoms with Crippen molar-refractivity contribution < 1.29 is 19.7 Å². The molecule has 0 fully saturated rings. The van der Waals surface area contributed by atoms with Gasteiger partial charge in [0.1, 0.15) is 5.60 Å². The van der Waals surface area contributed by atoms with Crippen LogP contribution < -0.4 is 5.32 Å². The number of amides is 1. The van der Waals surface area contributed by atoms with Crippen LogP contribution in [0.2, 0.25) is 0 Å². The molecule has 1 amide bonds. The van der Waals surface area contributed by atoms with E-state index in [1.165, 1.54) is 6.92 Å². The van der Waals surface area contributed by atoms with Gasteiger partial charge in [-0.05, 0) is 13.8 Å². The van der Waals surface area contributed by atoms with Crippen LogP contribution in [0.3, 0.4) is 0 Å². The highest BCUT2D eigenvalue weighted by molar-refractivity contribution is 5.67. The van der Waals surface area contributed by atoms with Crippen LogP contribution in [0.5, 0.6) is 0 Å². The van der Waals surface area contributed by atoms with E-state index in [1.54, 1.807) is 6.92 Å². The van der Waals surface area contributed by atoms with Crippen LogP contribution in [0.1, 0.15) is 13.8 Å². The van der Waals surface area contributed by atoms with Crippen molar-refractivity contribution in [1.29, 1.82) is 0 Å². The van der Waals surface area contributed by atoms with Gasteiger partial charge >= 0.3 is 6.09 Å². The SMILES string of the molecule is CCOC(=O)NCC(C)(O)CO. The summed E-state index contributed by atoms with van der Waals surface area (Å²) in [6.45, 7) is 2.96. The smallest absolute Gasteiger partial charge is 0.407 e. The van der Waals surface area contributed by atoms with Gasteiger partial charge in [0.05, 0.1) is 19.8 Å². The molecule has 0 aromatic rings. The minimum atomic E-state index is -1.28. The molecule has 1 atom stereocenters. The predicted octanol–water partition coefficient (Wildman–Crippen LogP) is -0.524. The average Bonchev–Trinajstić information content (AvgIpc) is 2.02. The molecule has 12 heavy (non-hydrogen) atoms. The average molecular weight is 177 g/mol. The maximum Gasteiger partial charge on any atom is 0.407 e. The number of nitrogens with one attached hydrogen (secondary N) is 1. The largest absolute Gasteiger partial charge is 0.450 e. The highest BCUT2D eigenvalue weighted by Gasteiger charge is 2.19. The fraction of sp³-hybridized carbons (Fsp3) is 0.857. The first kappa shape index (κ1) is 11.2. The fourth-order valence-corrected chi connectivity index (χ4v) is 0.501. The molecule has 0 saturated heterocycles. The molecule has 5 heteroatoms. The Morgan fingerprint density at radius 3 is 2.67 bits per heavy atom. The number of hydrogen-bond acceptors (Lipinski definition) is 4. The summed E-state index contributed by atoms with van der Waals surface area (Å²) in [7, 11) is 0. The van der Waals surface area contributed by atoms with Crippen LogP contribution in [-0.4, -0.2) is 41.7 Å². The number of aliphatic hydroxyl groups is 2. The van der Waals surface area contributed by atoms with Crippen LogP contribution in [0, 0.1) is 0 Å². The molecule has 3 N–H and O–H groups in total. The number of hydrogen-bond donors (Lipinski definition) is 3. The summed E-state index contributed by atoms with van der Waals surface area (Å²) in [4.78, 5) is 10.7. The number of ether oxygens (including phenoxy) is 1. The van der Waals surface area contributed by atoms with E-state index < -0.39 is 18.3 Å². The number of aliphatic hydroxyl groups excluding tert-OH is 1. The molecule has 0 saturated carbocycles. The molecule has 0 aromatic heterocycles. The monoisotopic (exact) mass is 177 g/mol. The molecular weight excluding hydrogens is 162 g/mol. The quantitative estimate of drug-likeness (QED) is 0.539. The van der Waals surface area contributed by atoms with E-state index in [0.717, 1.165) is 0 Å². The van der Waals surface area contributed by atoms with Crippen LogP contribution >= 0.6 is 0 Å². The molecule has 0 aliphatic heterocycles. The maximum absolute atomic E-state index is 10.7. The first-order valence-electron chi connectivity index (χ1n) is 3.75. The Morgan fingerprint density at radius 2 is 2.25 bits per heavy atom. The van der Waals surface area contributed by atoms with Crippen molar-refractivity contribution in [2.24, 2.45) is 0 Å². The van der Waals surface area contributed by atoms with Crippen molar-refractivity contribution >= 4 is 6.09 Å². The van der Waals surface area contributed by atoms with E-state index in [9.17, 15) is 9.90 Å². The van der Waals surface area contributed by atoms with Gasteiger partial charge in [-0.2, -0.15) is 0 Å².